The lowest BCUT2D eigenvalue weighted by atomic mass is 10.1. The Balaban J connectivity index is 2.17. The van der Waals surface area contributed by atoms with Crippen LogP contribution in [0.25, 0.3) is 11.1 Å². The van der Waals surface area contributed by atoms with Crippen molar-refractivity contribution in [2.75, 3.05) is 6.61 Å². The van der Waals surface area contributed by atoms with Crippen molar-refractivity contribution in [1.29, 1.82) is 0 Å². The third kappa shape index (κ3) is 3.20. The molecular weight excluding hydrogens is 242 g/mol. The van der Waals surface area contributed by atoms with Crippen molar-refractivity contribution in [3.8, 4) is 11.1 Å². The van der Waals surface area contributed by atoms with Gasteiger partial charge in [0.25, 0.3) is 5.91 Å². The van der Waals surface area contributed by atoms with Crippen LogP contribution in [-0.2, 0) is 0 Å². The molecule has 0 fully saturated rings. The second kappa shape index (κ2) is 6.15. The van der Waals surface area contributed by atoms with E-state index in [1.807, 2.05) is 25.1 Å². The van der Waals surface area contributed by atoms with Crippen molar-refractivity contribution in [1.82, 2.24) is 15.5 Å². The van der Waals surface area contributed by atoms with Gasteiger partial charge in [0.2, 0.25) is 0 Å². The van der Waals surface area contributed by atoms with Gasteiger partial charge in [-0.25, -0.2) is 0 Å². The number of nitrogens with one attached hydrogen (secondary N) is 2. The summed E-state index contributed by atoms with van der Waals surface area (Å²) in [6.45, 7) is 1.87. The third-order valence-corrected chi connectivity index (χ3v) is 3.00. The van der Waals surface area contributed by atoms with Gasteiger partial charge in [0.15, 0.2) is 0 Å². The van der Waals surface area contributed by atoms with Crippen molar-refractivity contribution < 1.29 is 9.90 Å². The Bertz CT molecular complexity index is 533. The number of aliphatic hydroxyl groups excluding tert-OH is 1. The number of amides is 1. The topological polar surface area (TPSA) is 78.0 Å². The molecule has 1 unspecified atom stereocenters. The number of aliphatic hydroxyl groups is 1. The number of benzene rings is 1. The molecule has 1 aromatic carbocycles. The highest BCUT2D eigenvalue weighted by atomic mass is 16.3. The minimum Gasteiger partial charge on any atom is -0.394 e. The van der Waals surface area contributed by atoms with Crippen molar-refractivity contribution in [3.63, 3.8) is 0 Å². The van der Waals surface area contributed by atoms with E-state index in [9.17, 15) is 4.79 Å². The third-order valence-electron chi connectivity index (χ3n) is 3.00. The van der Waals surface area contributed by atoms with Gasteiger partial charge < -0.3 is 10.4 Å². The van der Waals surface area contributed by atoms with E-state index in [1.54, 1.807) is 18.5 Å². The number of aromatic nitrogens is 2. The zero-order chi connectivity index (χ0) is 13.7. The molecule has 5 nitrogen and oxygen atoms in total. The Hall–Kier alpha value is -2.14. The summed E-state index contributed by atoms with van der Waals surface area (Å²) in [4.78, 5) is 12.0. The molecule has 0 saturated carbocycles. The summed E-state index contributed by atoms with van der Waals surface area (Å²) in [5, 5.41) is 18.5. The predicted octanol–water partition coefficient (Wildman–Crippen LogP) is 1.58. The Morgan fingerprint density at radius 2 is 2.32 bits per heavy atom. The second-order valence-electron chi connectivity index (χ2n) is 4.33. The quantitative estimate of drug-likeness (QED) is 0.762. The van der Waals surface area contributed by atoms with Gasteiger partial charge in [-0.15, -0.1) is 0 Å². The largest absolute Gasteiger partial charge is 0.394 e. The number of carbonyl (C=O) groups excluding carboxylic acids is 1. The SMILES string of the molecule is CCC(CO)NC(=O)c1cccc(-c2cn[nH]c2)c1. The number of nitrogens with zero attached hydrogens (tertiary/aromatic N) is 1. The number of carbonyl (C=O) groups is 1. The average Bonchev–Trinajstić information content (AvgIpc) is 2.99. The summed E-state index contributed by atoms with van der Waals surface area (Å²) in [5.74, 6) is -0.175. The van der Waals surface area contributed by atoms with E-state index in [1.165, 1.54) is 0 Å². The van der Waals surface area contributed by atoms with Crippen LogP contribution in [0.2, 0.25) is 0 Å². The van der Waals surface area contributed by atoms with Gasteiger partial charge >= 0.3 is 0 Å². The van der Waals surface area contributed by atoms with Crippen LogP contribution in [0, 0.1) is 0 Å². The standard InChI is InChI=1S/C14H17N3O2/c1-2-13(9-18)17-14(19)11-5-3-4-10(6-11)12-7-15-16-8-12/h3-8,13,18H,2,9H2,1H3,(H,15,16)(H,17,19). The molecule has 2 aromatic rings. The predicted molar refractivity (Wildman–Crippen MR) is 72.7 cm³/mol. The first-order valence-electron chi connectivity index (χ1n) is 6.25. The fourth-order valence-corrected chi connectivity index (χ4v) is 1.79. The molecule has 1 atom stereocenters. The first-order valence-corrected chi connectivity index (χ1v) is 6.25. The van der Waals surface area contributed by atoms with Crippen LogP contribution in [0.15, 0.2) is 36.7 Å². The molecule has 0 aliphatic carbocycles. The molecule has 0 aliphatic rings. The number of rotatable bonds is 5. The van der Waals surface area contributed by atoms with Crippen LogP contribution in [0.4, 0.5) is 0 Å². The van der Waals surface area contributed by atoms with E-state index < -0.39 is 0 Å². The molecule has 3 N–H and O–H groups in total. The highest BCUT2D eigenvalue weighted by Crippen LogP contribution is 2.18. The smallest absolute Gasteiger partial charge is 0.251 e. The molecule has 0 bridgehead atoms. The van der Waals surface area contributed by atoms with E-state index in [0.717, 1.165) is 11.1 Å². The van der Waals surface area contributed by atoms with Crippen LogP contribution >= 0.6 is 0 Å². The van der Waals surface area contributed by atoms with Gasteiger partial charge in [-0.05, 0) is 24.1 Å². The zero-order valence-electron chi connectivity index (χ0n) is 10.8. The lowest BCUT2D eigenvalue weighted by Crippen LogP contribution is -2.36. The van der Waals surface area contributed by atoms with Crippen molar-refractivity contribution >= 4 is 5.91 Å². The van der Waals surface area contributed by atoms with Gasteiger partial charge in [-0.1, -0.05) is 19.1 Å². The molecule has 1 aromatic heterocycles. The highest BCUT2D eigenvalue weighted by molar-refractivity contribution is 5.95. The van der Waals surface area contributed by atoms with Gasteiger partial charge in [0.05, 0.1) is 18.8 Å². The van der Waals surface area contributed by atoms with Gasteiger partial charge in [-0.3, -0.25) is 9.89 Å². The van der Waals surface area contributed by atoms with E-state index in [0.29, 0.717) is 12.0 Å². The van der Waals surface area contributed by atoms with Crippen molar-refractivity contribution in [2.24, 2.45) is 0 Å². The van der Waals surface area contributed by atoms with Crippen molar-refractivity contribution in [2.45, 2.75) is 19.4 Å². The van der Waals surface area contributed by atoms with E-state index >= 15 is 0 Å². The number of H-pyrrole nitrogens is 1. The summed E-state index contributed by atoms with van der Waals surface area (Å²) in [7, 11) is 0. The summed E-state index contributed by atoms with van der Waals surface area (Å²) >= 11 is 0. The summed E-state index contributed by atoms with van der Waals surface area (Å²) in [6, 6.07) is 7.11. The minimum atomic E-state index is -0.204. The molecule has 1 heterocycles. The molecule has 100 valence electrons. The molecule has 19 heavy (non-hydrogen) atoms. The first-order chi connectivity index (χ1) is 9.24. The first kappa shape index (κ1) is 13.3. The normalized spacial score (nSPS) is 12.1. The summed E-state index contributed by atoms with van der Waals surface area (Å²) < 4.78 is 0. The zero-order valence-corrected chi connectivity index (χ0v) is 10.8. The molecule has 0 spiro atoms. The van der Waals surface area contributed by atoms with Crippen LogP contribution in [-0.4, -0.2) is 33.9 Å². The molecule has 0 saturated heterocycles. The van der Waals surface area contributed by atoms with Crippen LogP contribution in [0.3, 0.4) is 0 Å². The minimum absolute atomic E-state index is 0.0519. The van der Waals surface area contributed by atoms with E-state index in [4.69, 9.17) is 5.11 Å². The van der Waals surface area contributed by atoms with Gasteiger partial charge in [0.1, 0.15) is 0 Å². The van der Waals surface area contributed by atoms with Crippen LogP contribution in [0.1, 0.15) is 23.7 Å². The number of hydrogen-bond donors (Lipinski definition) is 3. The Kier molecular flexibility index (Phi) is 4.30. The van der Waals surface area contributed by atoms with Crippen LogP contribution in [0.5, 0.6) is 0 Å². The fourth-order valence-electron chi connectivity index (χ4n) is 1.79. The molecule has 0 radical (unpaired) electrons. The molecule has 5 heteroatoms. The maximum absolute atomic E-state index is 12.0. The average molecular weight is 259 g/mol. The lowest BCUT2D eigenvalue weighted by molar-refractivity contribution is 0.0915. The van der Waals surface area contributed by atoms with Gasteiger partial charge in [-0.2, -0.15) is 5.10 Å². The Morgan fingerprint density at radius 3 is 2.95 bits per heavy atom. The molecule has 1 amide bonds. The summed E-state index contributed by atoms with van der Waals surface area (Å²) in [5.41, 5.74) is 2.44. The number of hydrogen-bond acceptors (Lipinski definition) is 3. The van der Waals surface area contributed by atoms with E-state index in [2.05, 4.69) is 15.5 Å². The molecule has 0 aliphatic heterocycles. The maximum atomic E-state index is 12.0. The van der Waals surface area contributed by atoms with E-state index in [-0.39, 0.29) is 18.6 Å². The van der Waals surface area contributed by atoms with Crippen molar-refractivity contribution in [3.05, 3.63) is 42.2 Å². The monoisotopic (exact) mass is 259 g/mol. The summed E-state index contributed by atoms with van der Waals surface area (Å²) in [6.07, 6.45) is 4.18. The second-order valence-corrected chi connectivity index (χ2v) is 4.33. The maximum Gasteiger partial charge on any atom is 0.251 e. The van der Waals surface area contributed by atoms with Crippen LogP contribution < -0.4 is 5.32 Å². The Morgan fingerprint density at radius 1 is 1.47 bits per heavy atom. The molecular formula is C14H17N3O2. The number of aromatic amines is 1. The highest BCUT2D eigenvalue weighted by Gasteiger charge is 2.12. The Labute approximate surface area is 111 Å². The van der Waals surface area contributed by atoms with Gasteiger partial charge in [0, 0.05) is 17.3 Å². The molecule has 2 rings (SSSR count). The fraction of sp³-hybridized carbons (Fsp3) is 0.286. The lowest BCUT2D eigenvalue weighted by Gasteiger charge is -2.14.